The van der Waals surface area contributed by atoms with E-state index >= 15 is 0 Å². The number of allylic oxidation sites excluding steroid dienone is 2. The molecule has 1 saturated heterocycles. The first kappa shape index (κ1) is 14.5. The molecule has 108 valence electrons. The number of hydrogen-bond donors (Lipinski definition) is 0. The summed E-state index contributed by atoms with van der Waals surface area (Å²) >= 11 is 6.80. The van der Waals surface area contributed by atoms with Crippen LogP contribution in [0.15, 0.2) is 47.4 Å². The van der Waals surface area contributed by atoms with Gasteiger partial charge >= 0.3 is 0 Å². The van der Waals surface area contributed by atoms with Crippen molar-refractivity contribution in [3.05, 3.63) is 53.0 Å². The van der Waals surface area contributed by atoms with Gasteiger partial charge in [0.2, 0.25) is 0 Å². The number of thioether (sulfide) groups is 1. The fourth-order valence-corrected chi connectivity index (χ4v) is 4.13. The zero-order valence-electron chi connectivity index (χ0n) is 11.7. The quantitative estimate of drug-likeness (QED) is 0.609. The summed E-state index contributed by atoms with van der Waals surface area (Å²) in [6, 6.07) is 10.4. The van der Waals surface area contributed by atoms with E-state index in [0.717, 1.165) is 23.3 Å². The van der Waals surface area contributed by atoms with Crippen LogP contribution >= 0.6 is 24.0 Å². The maximum Gasteiger partial charge on any atom is 0.266 e. The minimum Gasteiger partial charge on any atom is -0.290 e. The fourth-order valence-electron chi connectivity index (χ4n) is 2.78. The standard InChI is InChI=1S/C17H17NOS2/c19-16-15(12-6-9-13-7-2-1-3-8-13)21-17(20)18(16)14-10-4-5-11-14/h1-3,6-9,12,14H,4-5,10-11H2. The lowest BCUT2D eigenvalue weighted by molar-refractivity contribution is -0.123. The Bertz CT molecular complexity index is 600. The van der Waals surface area contributed by atoms with Crippen molar-refractivity contribution in [2.45, 2.75) is 31.7 Å². The van der Waals surface area contributed by atoms with Gasteiger partial charge in [0.25, 0.3) is 5.91 Å². The second-order valence-corrected chi connectivity index (χ2v) is 6.96. The molecule has 1 amide bonds. The molecule has 1 saturated carbocycles. The molecule has 0 bridgehead atoms. The molecule has 3 rings (SSSR count). The lowest BCUT2D eigenvalue weighted by atomic mass is 10.2. The number of carbonyl (C=O) groups excluding carboxylic acids is 1. The molecule has 0 N–H and O–H groups in total. The fraction of sp³-hybridized carbons (Fsp3) is 0.294. The molecular formula is C17H17NOS2. The monoisotopic (exact) mass is 315 g/mol. The molecule has 1 aromatic carbocycles. The predicted molar refractivity (Wildman–Crippen MR) is 92.9 cm³/mol. The number of hydrogen-bond acceptors (Lipinski definition) is 3. The SMILES string of the molecule is O=C1C(=CC=Cc2ccccc2)SC(=S)N1C1CCCC1. The maximum atomic E-state index is 12.5. The Morgan fingerprint density at radius 1 is 1.19 bits per heavy atom. The van der Waals surface area contributed by atoms with Gasteiger partial charge in [0, 0.05) is 6.04 Å². The highest BCUT2D eigenvalue weighted by Crippen LogP contribution is 2.36. The Balaban J connectivity index is 1.71. The molecule has 21 heavy (non-hydrogen) atoms. The molecule has 0 spiro atoms. The van der Waals surface area contributed by atoms with Crippen LogP contribution < -0.4 is 0 Å². The highest BCUT2D eigenvalue weighted by molar-refractivity contribution is 8.26. The average Bonchev–Trinajstić information content (AvgIpc) is 3.09. The van der Waals surface area contributed by atoms with Crippen LogP contribution in [0.25, 0.3) is 6.08 Å². The van der Waals surface area contributed by atoms with Gasteiger partial charge in [0.15, 0.2) is 0 Å². The second-order valence-electron chi connectivity index (χ2n) is 5.28. The number of carbonyl (C=O) groups is 1. The Morgan fingerprint density at radius 3 is 2.62 bits per heavy atom. The third-order valence-electron chi connectivity index (χ3n) is 3.85. The van der Waals surface area contributed by atoms with E-state index in [1.165, 1.54) is 24.6 Å². The summed E-state index contributed by atoms with van der Waals surface area (Å²) in [5.41, 5.74) is 1.13. The first-order chi connectivity index (χ1) is 10.3. The summed E-state index contributed by atoms with van der Waals surface area (Å²) in [5, 5.41) is 0. The second kappa shape index (κ2) is 6.58. The third kappa shape index (κ3) is 3.27. The van der Waals surface area contributed by atoms with Gasteiger partial charge in [-0.1, -0.05) is 79.3 Å². The van der Waals surface area contributed by atoms with Crippen LogP contribution in [0.5, 0.6) is 0 Å². The van der Waals surface area contributed by atoms with E-state index in [4.69, 9.17) is 12.2 Å². The topological polar surface area (TPSA) is 20.3 Å². The average molecular weight is 315 g/mol. The van der Waals surface area contributed by atoms with Gasteiger partial charge in [-0.2, -0.15) is 0 Å². The Morgan fingerprint density at radius 2 is 1.90 bits per heavy atom. The number of benzene rings is 1. The largest absolute Gasteiger partial charge is 0.290 e. The van der Waals surface area contributed by atoms with E-state index in [0.29, 0.717) is 10.4 Å². The Kier molecular flexibility index (Phi) is 4.56. The van der Waals surface area contributed by atoms with Crippen molar-refractivity contribution in [1.29, 1.82) is 0 Å². The van der Waals surface area contributed by atoms with Gasteiger partial charge in [-0.15, -0.1) is 0 Å². The van der Waals surface area contributed by atoms with Crippen LogP contribution in [0, 0.1) is 0 Å². The van der Waals surface area contributed by atoms with Crippen molar-refractivity contribution >= 4 is 40.3 Å². The molecule has 1 aromatic rings. The summed E-state index contributed by atoms with van der Waals surface area (Å²) in [4.78, 5) is 15.0. The van der Waals surface area contributed by atoms with Crippen molar-refractivity contribution in [3.63, 3.8) is 0 Å². The highest BCUT2D eigenvalue weighted by atomic mass is 32.2. The van der Waals surface area contributed by atoms with Crippen molar-refractivity contribution in [2.24, 2.45) is 0 Å². The van der Waals surface area contributed by atoms with E-state index in [-0.39, 0.29) is 5.91 Å². The van der Waals surface area contributed by atoms with Gasteiger partial charge < -0.3 is 0 Å². The van der Waals surface area contributed by atoms with Gasteiger partial charge in [-0.3, -0.25) is 9.69 Å². The van der Waals surface area contributed by atoms with E-state index in [2.05, 4.69) is 0 Å². The van der Waals surface area contributed by atoms with Gasteiger partial charge in [0.1, 0.15) is 4.32 Å². The van der Waals surface area contributed by atoms with E-state index in [1.807, 2.05) is 53.5 Å². The van der Waals surface area contributed by atoms with Crippen LogP contribution in [0.3, 0.4) is 0 Å². The number of rotatable bonds is 3. The number of thiocarbonyl (C=S) groups is 1. The molecule has 1 heterocycles. The lowest BCUT2D eigenvalue weighted by Gasteiger charge is -2.21. The van der Waals surface area contributed by atoms with Crippen LogP contribution in [0.4, 0.5) is 0 Å². The number of nitrogens with zero attached hydrogens (tertiary/aromatic N) is 1. The minimum absolute atomic E-state index is 0.0783. The highest BCUT2D eigenvalue weighted by Gasteiger charge is 2.37. The summed E-state index contributed by atoms with van der Waals surface area (Å²) in [6.07, 6.45) is 10.4. The lowest BCUT2D eigenvalue weighted by Crippen LogP contribution is -2.36. The van der Waals surface area contributed by atoms with Crippen molar-refractivity contribution < 1.29 is 4.79 Å². The Hall–Kier alpha value is -1.39. The molecule has 0 unspecified atom stereocenters. The molecule has 2 nitrogen and oxygen atoms in total. The molecular weight excluding hydrogens is 298 g/mol. The van der Waals surface area contributed by atoms with E-state index in [9.17, 15) is 4.79 Å². The summed E-state index contributed by atoms with van der Waals surface area (Å²) < 4.78 is 0.714. The zero-order chi connectivity index (χ0) is 14.7. The number of amides is 1. The summed E-state index contributed by atoms with van der Waals surface area (Å²) in [6.45, 7) is 0. The third-order valence-corrected chi connectivity index (χ3v) is 5.20. The zero-order valence-corrected chi connectivity index (χ0v) is 13.3. The van der Waals surface area contributed by atoms with E-state index in [1.54, 1.807) is 0 Å². The van der Waals surface area contributed by atoms with Crippen LogP contribution in [-0.2, 0) is 4.79 Å². The maximum absolute atomic E-state index is 12.5. The molecule has 0 radical (unpaired) electrons. The van der Waals surface area contributed by atoms with E-state index < -0.39 is 0 Å². The van der Waals surface area contributed by atoms with Gasteiger partial charge in [-0.05, 0) is 24.5 Å². The molecule has 1 aliphatic carbocycles. The van der Waals surface area contributed by atoms with Crippen LogP contribution in [0.1, 0.15) is 31.2 Å². The molecule has 4 heteroatoms. The molecule has 2 fully saturated rings. The molecule has 0 atom stereocenters. The smallest absolute Gasteiger partial charge is 0.266 e. The van der Waals surface area contributed by atoms with Gasteiger partial charge in [0.05, 0.1) is 4.91 Å². The minimum atomic E-state index is 0.0783. The van der Waals surface area contributed by atoms with Crippen LogP contribution in [0.2, 0.25) is 0 Å². The predicted octanol–water partition coefficient (Wildman–Crippen LogP) is 4.39. The van der Waals surface area contributed by atoms with Crippen molar-refractivity contribution in [3.8, 4) is 0 Å². The molecule has 1 aliphatic heterocycles. The normalized spacial score (nSPS) is 22.1. The first-order valence-corrected chi connectivity index (χ1v) is 8.47. The van der Waals surface area contributed by atoms with Crippen molar-refractivity contribution in [1.82, 2.24) is 4.90 Å². The first-order valence-electron chi connectivity index (χ1n) is 7.24. The Labute approximate surface area is 134 Å². The van der Waals surface area contributed by atoms with Crippen LogP contribution in [-0.4, -0.2) is 21.2 Å². The summed E-state index contributed by atoms with van der Waals surface area (Å²) in [7, 11) is 0. The summed E-state index contributed by atoms with van der Waals surface area (Å²) in [5.74, 6) is 0.0783. The molecule has 2 aliphatic rings. The van der Waals surface area contributed by atoms with Crippen molar-refractivity contribution in [2.75, 3.05) is 0 Å². The van der Waals surface area contributed by atoms with Gasteiger partial charge in [-0.25, -0.2) is 0 Å². The molecule has 0 aromatic heterocycles.